The Balaban J connectivity index is 1.46. The lowest BCUT2D eigenvalue weighted by molar-refractivity contribution is 0.461. The van der Waals surface area contributed by atoms with Crippen LogP contribution in [-0.2, 0) is 10.0 Å². The minimum Gasteiger partial charge on any atom is -0.439 e. The van der Waals surface area contributed by atoms with Crippen LogP contribution in [0.25, 0.3) is 5.82 Å². The highest BCUT2D eigenvalue weighted by atomic mass is 32.2. The van der Waals surface area contributed by atoms with E-state index in [2.05, 4.69) is 24.7 Å². The molecule has 0 fully saturated rings. The molecule has 30 heavy (non-hydrogen) atoms. The number of benzene rings is 1. The zero-order chi connectivity index (χ0) is 21.1. The summed E-state index contributed by atoms with van der Waals surface area (Å²) in [6, 6.07) is 8.28. The van der Waals surface area contributed by atoms with Crippen molar-refractivity contribution in [2.75, 3.05) is 4.72 Å². The molecule has 4 aromatic rings. The van der Waals surface area contributed by atoms with Crippen molar-refractivity contribution in [3.05, 3.63) is 67.9 Å². The molecule has 1 aromatic carbocycles. The number of sulfonamides is 1. The molecule has 10 nitrogen and oxygen atoms in total. The summed E-state index contributed by atoms with van der Waals surface area (Å²) in [5.74, 6) is 1.46. The molecule has 0 bridgehead atoms. The zero-order valence-corrected chi connectivity index (χ0v) is 17.1. The summed E-state index contributed by atoms with van der Waals surface area (Å²) >= 11 is 0. The second kappa shape index (κ2) is 7.95. The first-order chi connectivity index (χ1) is 14.4. The third kappa shape index (κ3) is 4.30. The molecule has 0 saturated heterocycles. The van der Waals surface area contributed by atoms with E-state index in [0.717, 1.165) is 0 Å². The quantitative estimate of drug-likeness (QED) is 0.484. The highest BCUT2D eigenvalue weighted by Gasteiger charge is 2.18. The fourth-order valence-corrected chi connectivity index (χ4v) is 3.58. The van der Waals surface area contributed by atoms with Crippen molar-refractivity contribution in [2.24, 2.45) is 0 Å². The standard InChI is InChI=1S/C19H19N7O3S/c1-14(2)26-10-19(23-13-26)30(27,28)24-15-3-5-16(6-4-15)29-18-9-17(21-11-22-18)25-8-7-20-12-25/h3-14,24H,1-2H3. The van der Waals surface area contributed by atoms with Crippen LogP contribution in [-0.4, -0.2) is 37.5 Å². The van der Waals surface area contributed by atoms with E-state index < -0.39 is 10.0 Å². The molecular weight excluding hydrogens is 406 g/mol. The van der Waals surface area contributed by atoms with Crippen molar-refractivity contribution < 1.29 is 13.2 Å². The van der Waals surface area contributed by atoms with Gasteiger partial charge in [-0.3, -0.25) is 9.29 Å². The highest BCUT2D eigenvalue weighted by Crippen LogP contribution is 2.23. The highest BCUT2D eigenvalue weighted by molar-refractivity contribution is 7.92. The molecule has 0 unspecified atom stereocenters. The lowest BCUT2D eigenvalue weighted by Crippen LogP contribution is -2.13. The van der Waals surface area contributed by atoms with Gasteiger partial charge in [-0.2, -0.15) is 8.42 Å². The molecular formula is C19H19N7O3S. The molecule has 1 N–H and O–H groups in total. The lowest BCUT2D eigenvalue weighted by atomic mass is 10.3. The van der Waals surface area contributed by atoms with Gasteiger partial charge in [0.2, 0.25) is 5.88 Å². The molecule has 0 radical (unpaired) electrons. The number of aromatic nitrogens is 6. The maximum atomic E-state index is 12.5. The molecule has 0 saturated carbocycles. The van der Waals surface area contributed by atoms with E-state index in [1.165, 1.54) is 18.9 Å². The van der Waals surface area contributed by atoms with E-state index in [4.69, 9.17) is 4.74 Å². The van der Waals surface area contributed by atoms with Gasteiger partial charge in [-0.1, -0.05) is 0 Å². The van der Waals surface area contributed by atoms with E-state index in [9.17, 15) is 8.42 Å². The molecule has 3 heterocycles. The largest absolute Gasteiger partial charge is 0.439 e. The minimum atomic E-state index is -3.78. The molecule has 0 aliphatic carbocycles. The first kappa shape index (κ1) is 19.6. The van der Waals surface area contributed by atoms with Gasteiger partial charge in [0.25, 0.3) is 10.0 Å². The summed E-state index contributed by atoms with van der Waals surface area (Å²) in [7, 11) is -3.78. The third-order valence-electron chi connectivity index (χ3n) is 4.17. The Labute approximate surface area is 173 Å². The number of nitrogens with zero attached hydrogens (tertiary/aromatic N) is 6. The van der Waals surface area contributed by atoms with Crippen molar-refractivity contribution in [1.82, 2.24) is 29.1 Å². The van der Waals surface area contributed by atoms with Gasteiger partial charge in [-0.05, 0) is 38.1 Å². The van der Waals surface area contributed by atoms with Crippen LogP contribution in [0.5, 0.6) is 11.6 Å². The molecule has 0 spiro atoms. The third-order valence-corrected chi connectivity index (χ3v) is 5.44. The first-order valence-corrected chi connectivity index (χ1v) is 10.5. The van der Waals surface area contributed by atoms with Gasteiger partial charge >= 0.3 is 0 Å². The summed E-state index contributed by atoms with van der Waals surface area (Å²) < 4.78 is 36.7. The number of nitrogens with one attached hydrogen (secondary N) is 1. The Hall–Kier alpha value is -3.73. The molecule has 11 heteroatoms. The molecule has 0 aliphatic rings. The van der Waals surface area contributed by atoms with Gasteiger partial charge in [0.05, 0.1) is 6.33 Å². The van der Waals surface area contributed by atoms with Crippen molar-refractivity contribution >= 4 is 15.7 Å². The van der Waals surface area contributed by atoms with Crippen LogP contribution in [0, 0.1) is 0 Å². The van der Waals surface area contributed by atoms with Crippen molar-refractivity contribution in [1.29, 1.82) is 0 Å². The topological polar surface area (TPSA) is 117 Å². The average Bonchev–Trinajstić information content (AvgIpc) is 3.42. The van der Waals surface area contributed by atoms with E-state index >= 15 is 0 Å². The van der Waals surface area contributed by atoms with Crippen LogP contribution >= 0.6 is 0 Å². The maximum absolute atomic E-state index is 12.5. The Bertz CT molecular complexity index is 1230. The predicted molar refractivity (Wildman–Crippen MR) is 109 cm³/mol. The smallest absolute Gasteiger partial charge is 0.280 e. The molecule has 154 valence electrons. The van der Waals surface area contributed by atoms with Crippen molar-refractivity contribution in [2.45, 2.75) is 24.9 Å². The number of imidazole rings is 2. The number of hydrogen-bond donors (Lipinski definition) is 1. The van der Waals surface area contributed by atoms with E-state index in [1.54, 1.807) is 58.2 Å². The molecule has 0 amide bonds. The summed E-state index contributed by atoms with van der Waals surface area (Å²) in [5, 5.41) is -0.0375. The fraction of sp³-hybridized carbons (Fsp3) is 0.158. The van der Waals surface area contributed by atoms with Crippen LogP contribution in [0.15, 0.2) is 72.9 Å². The molecule has 4 rings (SSSR count). The van der Waals surface area contributed by atoms with Crippen molar-refractivity contribution in [3.63, 3.8) is 0 Å². The number of ether oxygens (including phenoxy) is 1. The van der Waals surface area contributed by atoms with Crippen LogP contribution < -0.4 is 9.46 Å². The van der Waals surface area contributed by atoms with Gasteiger partial charge in [-0.15, -0.1) is 0 Å². The van der Waals surface area contributed by atoms with E-state index in [1.807, 2.05) is 13.8 Å². The first-order valence-electron chi connectivity index (χ1n) is 9.05. The maximum Gasteiger partial charge on any atom is 0.280 e. The van der Waals surface area contributed by atoms with Crippen molar-refractivity contribution in [3.8, 4) is 17.4 Å². The van der Waals surface area contributed by atoms with Gasteiger partial charge in [0, 0.05) is 36.4 Å². The summed E-state index contributed by atoms with van der Waals surface area (Å²) in [6.45, 7) is 3.89. The Morgan fingerprint density at radius 2 is 1.87 bits per heavy atom. The van der Waals surface area contributed by atoms with Gasteiger partial charge < -0.3 is 9.30 Å². The lowest BCUT2D eigenvalue weighted by Gasteiger charge is -2.09. The molecule has 0 aliphatic heterocycles. The average molecular weight is 425 g/mol. The second-order valence-electron chi connectivity index (χ2n) is 6.67. The Morgan fingerprint density at radius 1 is 1.07 bits per heavy atom. The van der Waals surface area contributed by atoms with Crippen LogP contribution in [0.1, 0.15) is 19.9 Å². The van der Waals surface area contributed by atoms with Crippen LogP contribution in [0.3, 0.4) is 0 Å². The van der Waals surface area contributed by atoms with E-state index in [0.29, 0.717) is 23.1 Å². The van der Waals surface area contributed by atoms with Gasteiger partial charge in [0.1, 0.15) is 24.2 Å². The summed E-state index contributed by atoms with van der Waals surface area (Å²) in [5.41, 5.74) is 0.392. The number of rotatable bonds is 7. The Morgan fingerprint density at radius 3 is 2.53 bits per heavy atom. The number of hydrogen-bond acceptors (Lipinski definition) is 7. The SMILES string of the molecule is CC(C)n1cnc(S(=O)(=O)Nc2ccc(Oc3cc(-n4ccnc4)ncn3)cc2)c1. The Kier molecular flexibility index (Phi) is 5.19. The van der Waals surface area contributed by atoms with Gasteiger partial charge in [0.15, 0.2) is 5.03 Å². The zero-order valence-electron chi connectivity index (χ0n) is 16.2. The summed E-state index contributed by atoms with van der Waals surface area (Å²) in [4.78, 5) is 16.2. The second-order valence-corrected chi connectivity index (χ2v) is 8.30. The van der Waals surface area contributed by atoms with Crippen LogP contribution in [0.2, 0.25) is 0 Å². The monoisotopic (exact) mass is 425 g/mol. The molecule has 3 aromatic heterocycles. The van der Waals surface area contributed by atoms with Crippen LogP contribution in [0.4, 0.5) is 5.69 Å². The fourth-order valence-electron chi connectivity index (χ4n) is 2.58. The van der Waals surface area contributed by atoms with Gasteiger partial charge in [-0.25, -0.2) is 19.9 Å². The minimum absolute atomic E-state index is 0.0375. The molecule has 0 atom stereocenters. The normalized spacial score (nSPS) is 11.6. The summed E-state index contributed by atoms with van der Waals surface area (Å²) in [6.07, 6.45) is 9.42. The predicted octanol–water partition coefficient (Wildman–Crippen LogP) is 3.03. The number of anilines is 1. The van der Waals surface area contributed by atoms with E-state index in [-0.39, 0.29) is 11.1 Å².